The molecule has 0 aliphatic rings. The fourth-order valence-electron chi connectivity index (χ4n) is 3.77. The van der Waals surface area contributed by atoms with Crippen molar-refractivity contribution in [3.05, 3.63) is 128 Å². The Morgan fingerprint density at radius 2 is 1.34 bits per heavy atom. The van der Waals surface area contributed by atoms with Crippen molar-refractivity contribution >= 4 is 28.9 Å². The molecule has 0 atom stereocenters. The zero-order valence-corrected chi connectivity index (χ0v) is 20.1. The fraction of sp³-hybridized carbons (Fsp3) is 0.115. The number of hydrogen-bond acceptors (Lipinski definition) is 9. The highest BCUT2D eigenvalue weighted by Crippen LogP contribution is 2.33. The highest BCUT2D eigenvalue weighted by molar-refractivity contribution is 5.81. The molecule has 12 heteroatoms. The van der Waals surface area contributed by atoms with Crippen molar-refractivity contribution in [2.75, 3.05) is 10.3 Å². The Bertz CT molecular complexity index is 1380. The normalized spacial score (nSPS) is 10.4. The van der Waals surface area contributed by atoms with Crippen molar-refractivity contribution in [3.63, 3.8) is 0 Å². The Balaban J connectivity index is 1.56. The lowest BCUT2D eigenvalue weighted by molar-refractivity contribution is -0.384. The molecule has 1 amide bonds. The summed E-state index contributed by atoms with van der Waals surface area (Å²) in [7, 11) is 0. The van der Waals surface area contributed by atoms with E-state index in [2.05, 4.69) is 20.8 Å². The summed E-state index contributed by atoms with van der Waals surface area (Å²) in [5.41, 5.74) is 6.86. The molecule has 0 fully saturated rings. The molecule has 1 heterocycles. The van der Waals surface area contributed by atoms with E-state index in [4.69, 9.17) is 0 Å². The number of nitro benzene ring substituents is 1. The Morgan fingerprint density at radius 1 is 0.763 bits per heavy atom. The minimum absolute atomic E-state index is 0.0878. The first-order valence-electron chi connectivity index (χ1n) is 11.5. The van der Waals surface area contributed by atoms with Crippen LogP contribution in [-0.2, 0) is 24.3 Å². The van der Waals surface area contributed by atoms with Crippen LogP contribution in [0, 0.1) is 20.2 Å². The maximum absolute atomic E-state index is 12.5. The summed E-state index contributed by atoms with van der Waals surface area (Å²) in [5.74, 6) is -0.605. The summed E-state index contributed by atoms with van der Waals surface area (Å²) in [6.07, 6.45) is 1.08. The predicted molar refractivity (Wildman–Crippen MR) is 140 cm³/mol. The second kappa shape index (κ2) is 12.0. The van der Waals surface area contributed by atoms with Gasteiger partial charge in [-0.2, -0.15) is 0 Å². The van der Waals surface area contributed by atoms with Gasteiger partial charge in [-0.15, -0.1) is 0 Å². The van der Waals surface area contributed by atoms with Gasteiger partial charge in [-0.25, -0.2) is 9.97 Å². The van der Waals surface area contributed by atoms with E-state index in [1.165, 1.54) is 30.6 Å². The van der Waals surface area contributed by atoms with Crippen LogP contribution >= 0.6 is 0 Å². The van der Waals surface area contributed by atoms with Crippen LogP contribution in [0.5, 0.6) is 0 Å². The molecule has 4 aromatic rings. The largest absolute Gasteiger partial charge is 0.355 e. The number of rotatable bonds is 11. The van der Waals surface area contributed by atoms with E-state index in [0.717, 1.165) is 11.1 Å². The number of benzene rings is 3. The van der Waals surface area contributed by atoms with Crippen molar-refractivity contribution in [1.29, 1.82) is 0 Å². The Labute approximate surface area is 217 Å². The van der Waals surface area contributed by atoms with Crippen LogP contribution < -0.4 is 15.8 Å². The van der Waals surface area contributed by atoms with Gasteiger partial charge in [0.2, 0.25) is 17.5 Å². The highest BCUT2D eigenvalue weighted by Gasteiger charge is 2.28. The van der Waals surface area contributed by atoms with Gasteiger partial charge in [0.25, 0.3) is 5.69 Å². The molecular weight excluding hydrogens is 490 g/mol. The molecule has 0 unspecified atom stereocenters. The van der Waals surface area contributed by atoms with Crippen LogP contribution in [0.25, 0.3) is 0 Å². The number of anilines is 2. The molecule has 3 aromatic carbocycles. The third kappa shape index (κ3) is 6.63. The third-order valence-corrected chi connectivity index (χ3v) is 5.55. The summed E-state index contributed by atoms with van der Waals surface area (Å²) in [6, 6.07) is 24.5. The molecule has 0 saturated heterocycles. The van der Waals surface area contributed by atoms with Gasteiger partial charge in [-0.3, -0.25) is 35.9 Å². The van der Waals surface area contributed by atoms with Gasteiger partial charge in [-0.1, -0.05) is 72.8 Å². The maximum atomic E-state index is 12.5. The number of carbonyl (C=O) groups excluding carboxylic acids is 1. The van der Waals surface area contributed by atoms with Crippen LogP contribution in [-0.4, -0.2) is 25.7 Å². The molecule has 1 aromatic heterocycles. The number of carbonyl (C=O) groups is 1. The summed E-state index contributed by atoms with van der Waals surface area (Å²) in [6.45, 7) is 0.694. The van der Waals surface area contributed by atoms with Gasteiger partial charge >= 0.3 is 5.69 Å². The summed E-state index contributed by atoms with van der Waals surface area (Å²) in [5, 5.41) is 23.0. The molecule has 0 aliphatic heterocycles. The molecule has 4 rings (SSSR count). The first-order valence-corrected chi connectivity index (χ1v) is 11.5. The van der Waals surface area contributed by atoms with Crippen LogP contribution in [0.2, 0.25) is 0 Å². The first kappa shape index (κ1) is 25.7. The van der Waals surface area contributed by atoms with Crippen molar-refractivity contribution < 1.29 is 14.6 Å². The van der Waals surface area contributed by atoms with Crippen molar-refractivity contribution in [2.45, 2.75) is 19.5 Å². The lowest BCUT2D eigenvalue weighted by Gasteiger charge is -2.24. The molecule has 0 aliphatic carbocycles. The zero-order valence-electron chi connectivity index (χ0n) is 20.1. The minimum Gasteiger partial charge on any atom is -0.342 e. The van der Waals surface area contributed by atoms with Gasteiger partial charge in [0, 0.05) is 25.2 Å². The molecule has 0 saturated carbocycles. The van der Waals surface area contributed by atoms with Crippen LogP contribution in [0.4, 0.5) is 23.0 Å². The quantitative estimate of drug-likeness (QED) is 0.222. The topological polar surface area (TPSA) is 156 Å². The molecule has 0 bridgehead atoms. The average molecular weight is 514 g/mol. The van der Waals surface area contributed by atoms with Crippen molar-refractivity contribution in [3.8, 4) is 0 Å². The number of hydrogen-bond donors (Lipinski definition) is 2. The van der Waals surface area contributed by atoms with E-state index in [-0.39, 0.29) is 23.7 Å². The zero-order chi connectivity index (χ0) is 26.9. The standard InChI is InChI=1S/C26H23N7O5/c34-23(15-19-11-13-22(14-12-19)32(35)36)29-30-25-24(33(37)38)26(28-18-27-25)31(16-20-7-3-1-4-8-20)17-21-9-5-2-6-10-21/h1-14,18H,15-17H2,(H,29,34)(H,27,28,30). The number of nitrogens with zero attached hydrogens (tertiary/aromatic N) is 5. The van der Waals surface area contributed by atoms with Gasteiger partial charge in [-0.05, 0) is 16.7 Å². The van der Waals surface area contributed by atoms with Crippen LogP contribution in [0.3, 0.4) is 0 Å². The van der Waals surface area contributed by atoms with Gasteiger partial charge in [0.05, 0.1) is 16.3 Å². The average Bonchev–Trinajstić information content (AvgIpc) is 2.92. The summed E-state index contributed by atoms with van der Waals surface area (Å²) < 4.78 is 0. The van der Waals surface area contributed by atoms with E-state index in [1.807, 2.05) is 60.7 Å². The molecule has 0 spiro atoms. The number of amides is 1. The second-order valence-corrected chi connectivity index (χ2v) is 8.25. The smallest absolute Gasteiger partial charge is 0.342 e. The molecule has 38 heavy (non-hydrogen) atoms. The molecule has 192 valence electrons. The van der Waals surface area contributed by atoms with E-state index in [9.17, 15) is 25.0 Å². The van der Waals surface area contributed by atoms with Crippen LogP contribution in [0.15, 0.2) is 91.3 Å². The lowest BCUT2D eigenvalue weighted by atomic mass is 10.1. The minimum atomic E-state index is -0.594. The number of hydrazine groups is 1. The Morgan fingerprint density at radius 3 is 1.87 bits per heavy atom. The lowest BCUT2D eigenvalue weighted by Crippen LogP contribution is -2.32. The maximum Gasteiger partial charge on any atom is 0.355 e. The van der Waals surface area contributed by atoms with E-state index in [0.29, 0.717) is 18.7 Å². The molecular formula is C26H23N7O5. The SMILES string of the molecule is O=C(Cc1ccc([N+](=O)[O-])cc1)NNc1ncnc(N(Cc2ccccc2)Cc2ccccc2)c1[N+](=O)[O-]. The number of nitro groups is 2. The molecule has 12 nitrogen and oxygen atoms in total. The Kier molecular flexibility index (Phi) is 8.14. The first-order chi connectivity index (χ1) is 18.4. The second-order valence-electron chi connectivity index (χ2n) is 8.25. The number of nitrogens with one attached hydrogen (secondary N) is 2. The fourth-order valence-corrected chi connectivity index (χ4v) is 3.77. The summed E-state index contributed by atoms with van der Waals surface area (Å²) in [4.78, 5) is 44.3. The monoisotopic (exact) mass is 513 g/mol. The van der Waals surface area contributed by atoms with Crippen molar-refractivity contribution in [2.24, 2.45) is 0 Å². The predicted octanol–water partition coefficient (Wildman–Crippen LogP) is 4.19. The highest BCUT2D eigenvalue weighted by atomic mass is 16.6. The summed E-state index contributed by atoms with van der Waals surface area (Å²) >= 11 is 0. The number of aromatic nitrogens is 2. The molecule has 0 radical (unpaired) electrons. The van der Waals surface area contributed by atoms with E-state index >= 15 is 0 Å². The molecule has 2 N–H and O–H groups in total. The third-order valence-electron chi connectivity index (χ3n) is 5.55. The van der Waals surface area contributed by atoms with Gasteiger partial charge < -0.3 is 4.90 Å². The van der Waals surface area contributed by atoms with Gasteiger partial charge in [0.1, 0.15) is 6.33 Å². The van der Waals surface area contributed by atoms with Gasteiger partial charge in [0.15, 0.2) is 0 Å². The van der Waals surface area contributed by atoms with E-state index in [1.54, 1.807) is 4.90 Å². The van der Waals surface area contributed by atoms with Crippen molar-refractivity contribution in [1.82, 2.24) is 15.4 Å². The van der Waals surface area contributed by atoms with Crippen LogP contribution in [0.1, 0.15) is 16.7 Å². The Hall–Kier alpha value is -5.39. The number of non-ortho nitro benzene ring substituents is 1. The van der Waals surface area contributed by atoms with E-state index < -0.39 is 21.4 Å².